The van der Waals surface area contributed by atoms with E-state index in [2.05, 4.69) is 31.9 Å². The number of anilines is 3. The normalized spacial score (nSPS) is 12.5. The Hall–Kier alpha value is -1.13. The summed E-state index contributed by atoms with van der Waals surface area (Å²) in [6.07, 6.45) is -3.62. The minimum absolute atomic E-state index is 0. The Labute approximate surface area is 180 Å². The maximum absolute atomic E-state index is 13.3. The second kappa shape index (κ2) is 10.1. The number of alkyl halides is 3. The van der Waals surface area contributed by atoms with Crippen LogP contribution in [0.2, 0.25) is 0 Å². The zero-order valence-corrected chi connectivity index (χ0v) is 18.0. The first-order valence-electron chi connectivity index (χ1n) is 8.53. The van der Waals surface area contributed by atoms with Crippen LogP contribution in [0.1, 0.15) is 12.0 Å². The molecule has 2 aromatic rings. The van der Waals surface area contributed by atoms with Crippen molar-refractivity contribution in [3.8, 4) is 0 Å². The van der Waals surface area contributed by atoms with Gasteiger partial charge in [-0.2, -0.15) is 13.2 Å². The third-order valence-electron chi connectivity index (χ3n) is 4.02. The minimum atomic E-state index is -4.40. The fourth-order valence-corrected chi connectivity index (χ4v) is 4.34. The standard InChI is InChI=1S/C18H20BrF3N4S.ClH/c19-12-2-3-13-15(10-12)27-16-9-11(18(20,21)22)8-14(17(16)26-13)25-6-1-5-24-7-4-23;/h2-3,8-10,24-26H,1,4-7,23H2;1H. The van der Waals surface area contributed by atoms with Crippen LogP contribution in [0.25, 0.3) is 0 Å². The summed E-state index contributed by atoms with van der Waals surface area (Å²) < 4.78 is 40.9. The number of benzene rings is 2. The zero-order chi connectivity index (χ0) is 19.4. The van der Waals surface area contributed by atoms with Crippen molar-refractivity contribution in [2.24, 2.45) is 5.73 Å². The highest BCUT2D eigenvalue weighted by molar-refractivity contribution is 9.10. The van der Waals surface area contributed by atoms with E-state index >= 15 is 0 Å². The number of nitrogens with one attached hydrogen (secondary N) is 3. The summed E-state index contributed by atoms with van der Waals surface area (Å²) in [6, 6.07) is 8.08. The minimum Gasteiger partial charge on any atom is -0.383 e. The van der Waals surface area contributed by atoms with Crippen LogP contribution in [-0.4, -0.2) is 26.2 Å². The van der Waals surface area contributed by atoms with Crippen molar-refractivity contribution in [2.75, 3.05) is 36.8 Å². The van der Waals surface area contributed by atoms with Crippen molar-refractivity contribution in [2.45, 2.75) is 22.4 Å². The molecule has 28 heavy (non-hydrogen) atoms. The van der Waals surface area contributed by atoms with Gasteiger partial charge in [-0.3, -0.25) is 0 Å². The van der Waals surface area contributed by atoms with Gasteiger partial charge in [0.2, 0.25) is 0 Å². The first kappa shape index (κ1) is 23.2. The molecule has 2 aromatic carbocycles. The zero-order valence-electron chi connectivity index (χ0n) is 14.8. The van der Waals surface area contributed by atoms with E-state index in [1.54, 1.807) is 0 Å². The molecule has 0 atom stereocenters. The van der Waals surface area contributed by atoms with E-state index in [9.17, 15) is 13.2 Å². The van der Waals surface area contributed by atoms with Gasteiger partial charge in [0, 0.05) is 33.9 Å². The number of fused-ring (bicyclic) bond motifs is 2. The summed E-state index contributed by atoms with van der Waals surface area (Å²) in [5.41, 5.74) is 6.78. The molecule has 1 aliphatic rings. The van der Waals surface area contributed by atoms with Gasteiger partial charge in [-0.25, -0.2) is 0 Å². The molecule has 0 saturated carbocycles. The molecule has 1 heterocycles. The Morgan fingerprint density at radius 1 is 1.07 bits per heavy atom. The molecule has 0 amide bonds. The van der Waals surface area contributed by atoms with Crippen molar-refractivity contribution in [1.82, 2.24) is 5.32 Å². The van der Waals surface area contributed by atoms with E-state index in [4.69, 9.17) is 5.73 Å². The van der Waals surface area contributed by atoms with Crippen LogP contribution >= 0.6 is 40.1 Å². The molecule has 4 nitrogen and oxygen atoms in total. The Morgan fingerprint density at radius 2 is 1.86 bits per heavy atom. The van der Waals surface area contributed by atoms with Crippen molar-refractivity contribution in [3.05, 3.63) is 40.4 Å². The number of hydrogen-bond acceptors (Lipinski definition) is 5. The summed E-state index contributed by atoms with van der Waals surface area (Å²) in [7, 11) is 0. The van der Waals surface area contributed by atoms with Crippen LogP contribution in [0.3, 0.4) is 0 Å². The highest BCUT2D eigenvalue weighted by atomic mass is 79.9. The van der Waals surface area contributed by atoms with Crippen LogP contribution in [-0.2, 0) is 6.18 Å². The molecular formula is C18H21BrClF3N4S. The molecule has 0 saturated heterocycles. The first-order chi connectivity index (χ1) is 12.9. The largest absolute Gasteiger partial charge is 0.416 e. The quantitative estimate of drug-likeness (QED) is 0.327. The summed E-state index contributed by atoms with van der Waals surface area (Å²) >= 11 is 4.74. The van der Waals surface area contributed by atoms with Crippen LogP contribution in [0.4, 0.5) is 30.2 Å². The Kier molecular flexibility index (Phi) is 8.32. The lowest BCUT2D eigenvalue weighted by Crippen LogP contribution is -2.24. The molecule has 0 aliphatic carbocycles. The Bertz CT molecular complexity index is 820. The molecular weight excluding hydrogens is 477 g/mol. The van der Waals surface area contributed by atoms with Crippen LogP contribution in [0, 0.1) is 0 Å². The van der Waals surface area contributed by atoms with Gasteiger partial charge in [0.05, 0.1) is 22.6 Å². The third kappa shape index (κ3) is 5.70. The predicted octanol–water partition coefficient (Wildman–Crippen LogP) is 5.45. The lowest BCUT2D eigenvalue weighted by atomic mass is 10.1. The van der Waals surface area contributed by atoms with Crippen molar-refractivity contribution < 1.29 is 13.2 Å². The fourth-order valence-electron chi connectivity index (χ4n) is 2.73. The fraction of sp³-hybridized carbons (Fsp3) is 0.333. The molecule has 0 fully saturated rings. The van der Waals surface area contributed by atoms with Gasteiger partial charge in [0.1, 0.15) is 0 Å². The van der Waals surface area contributed by atoms with Crippen molar-refractivity contribution in [3.63, 3.8) is 0 Å². The van der Waals surface area contributed by atoms with Gasteiger partial charge >= 0.3 is 6.18 Å². The van der Waals surface area contributed by atoms with Gasteiger partial charge in [-0.05, 0) is 43.3 Å². The van der Waals surface area contributed by atoms with Crippen LogP contribution in [0.5, 0.6) is 0 Å². The summed E-state index contributed by atoms with van der Waals surface area (Å²) in [5, 5.41) is 9.59. The molecule has 0 spiro atoms. The highest BCUT2D eigenvalue weighted by Crippen LogP contribution is 2.49. The van der Waals surface area contributed by atoms with Gasteiger partial charge in [0.25, 0.3) is 0 Å². The van der Waals surface area contributed by atoms with E-state index in [1.165, 1.54) is 23.9 Å². The van der Waals surface area contributed by atoms with Crippen molar-refractivity contribution >= 4 is 57.2 Å². The molecule has 0 radical (unpaired) electrons. The molecule has 5 N–H and O–H groups in total. The monoisotopic (exact) mass is 496 g/mol. The molecule has 10 heteroatoms. The lowest BCUT2D eigenvalue weighted by molar-refractivity contribution is -0.137. The maximum Gasteiger partial charge on any atom is 0.416 e. The smallest absolute Gasteiger partial charge is 0.383 e. The molecule has 0 unspecified atom stereocenters. The van der Waals surface area contributed by atoms with Crippen LogP contribution < -0.4 is 21.7 Å². The van der Waals surface area contributed by atoms with Gasteiger partial charge in [-0.1, -0.05) is 27.7 Å². The average Bonchev–Trinajstić information content (AvgIpc) is 2.61. The molecule has 0 aromatic heterocycles. The second-order valence-electron chi connectivity index (χ2n) is 6.08. The van der Waals surface area contributed by atoms with E-state index in [1.807, 2.05) is 18.2 Å². The Morgan fingerprint density at radius 3 is 2.57 bits per heavy atom. The van der Waals surface area contributed by atoms with E-state index in [0.29, 0.717) is 29.4 Å². The first-order valence-corrected chi connectivity index (χ1v) is 10.1. The summed E-state index contributed by atoms with van der Waals surface area (Å²) in [5.74, 6) is 0. The van der Waals surface area contributed by atoms with E-state index < -0.39 is 11.7 Å². The molecule has 1 aliphatic heterocycles. The molecule has 0 bridgehead atoms. The average molecular weight is 498 g/mol. The molecule has 154 valence electrons. The van der Waals surface area contributed by atoms with E-state index in [0.717, 1.165) is 34.6 Å². The highest BCUT2D eigenvalue weighted by Gasteiger charge is 2.33. The number of nitrogens with two attached hydrogens (primary N) is 1. The maximum atomic E-state index is 13.3. The molecule has 3 rings (SSSR count). The van der Waals surface area contributed by atoms with Crippen LogP contribution in [0.15, 0.2) is 44.6 Å². The SMILES string of the molecule is Cl.NCCNCCCNc1cc(C(F)(F)F)cc2c1Nc1ccc(Br)cc1S2. The Balaban J connectivity index is 0.00000280. The van der Waals surface area contributed by atoms with Crippen molar-refractivity contribution in [1.29, 1.82) is 0 Å². The topological polar surface area (TPSA) is 62.1 Å². The predicted molar refractivity (Wildman–Crippen MR) is 115 cm³/mol. The van der Waals surface area contributed by atoms with Gasteiger partial charge < -0.3 is 21.7 Å². The second-order valence-corrected chi connectivity index (χ2v) is 8.08. The summed E-state index contributed by atoms with van der Waals surface area (Å²) in [6.45, 7) is 2.60. The third-order valence-corrected chi connectivity index (χ3v) is 5.61. The number of hydrogen-bond donors (Lipinski definition) is 4. The number of halogens is 5. The number of rotatable bonds is 7. The van der Waals surface area contributed by atoms with Gasteiger partial charge in [-0.15, -0.1) is 12.4 Å². The summed E-state index contributed by atoms with van der Waals surface area (Å²) in [4.78, 5) is 1.44. The van der Waals surface area contributed by atoms with Gasteiger partial charge in [0.15, 0.2) is 0 Å². The van der Waals surface area contributed by atoms with E-state index in [-0.39, 0.29) is 12.4 Å². The lowest BCUT2D eigenvalue weighted by Gasteiger charge is -2.25.